The average Bonchev–Trinajstić information content (AvgIpc) is 2.41. The SMILES string of the molecule is COc1ncccc1COc1cccc(O)c1C. The maximum Gasteiger partial charge on any atom is 0.219 e. The molecule has 0 aliphatic carbocycles. The lowest BCUT2D eigenvalue weighted by atomic mass is 10.2. The summed E-state index contributed by atoms with van der Waals surface area (Å²) in [6.07, 6.45) is 1.67. The molecular formula is C14H15NO3. The van der Waals surface area contributed by atoms with E-state index in [0.29, 0.717) is 18.2 Å². The van der Waals surface area contributed by atoms with Crippen LogP contribution in [0.15, 0.2) is 36.5 Å². The molecule has 0 unspecified atom stereocenters. The molecule has 18 heavy (non-hydrogen) atoms. The number of hydrogen-bond acceptors (Lipinski definition) is 4. The van der Waals surface area contributed by atoms with Crippen LogP contribution in [0.1, 0.15) is 11.1 Å². The van der Waals surface area contributed by atoms with Crippen LogP contribution in [0.4, 0.5) is 0 Å². The highest BCUT2D eigenvalue weighted by molar-refractivity contribution is 5.42. The molecule has 2 aromatic rings. The Balaban J connectivity index is 2.14. The third kappa shape index (κ3) is 2.53. The number of pyridine rings is 1. The van der Waals surface area contributed by atoms with Gasteiger partial charge in [-0.05, 0) is 31.2 Å². The van der Waals surface area contributed by atoms with Crippen LogP contribution in [0.2, 0.25) is 0 Å². The van der Waals surface area contributed by atoms with E-state index in [9.17, 15) is 5.11 Å². The molecular weight excluding hydrogens is 230 g/mol. The molecule has 0 aliphatic rings. The van der Waals surface area contributed by atoms with Crippen LogP contribution >= 0.6 is 0 Å². The summed E-state index contributed by atoms with van der Waals surface area (Å²) in [5, 5.41) is 9.58. The molecule has 1 aromatic carbocycles. The van der Waals surface area contributed by atoms with Gasteiger partial charge in [0.25, 0.3) is 0 Å². The zero-order chi connectivity index (χ0) is 13.0. The van der Waals surface area contributed by atoms with Crippen molar-refractivity contribution in [1.82, 2.24) is 4.98 Å². The van der Waals surface area contributed by atoms with Crippen LogP contribution in [0.3, 0.4) is 0 Å². The molecule has 0 amide bonds. The van der Waals surface area contributed by atoms with Crippen molar-refractivity contribution in [1.29, 1.82) is 0 Å². The Labute approximate surface area is 106 Å². The van der Waals surface area contributed by atoms with Gasteiger partial charge in [-0.25, -0.2) is 4.98 Å². The first-order valence-electron chi connectivity index (χ1n) is 5.61. The van der Waals surface area contributed by atoms with E-state index in [0.717, 1.165) is 11.1 Å². The number of methoxy groups -OCH3 is 1. The van der Waals surface area contributed by atoms with Gasteiger partial charge in [0, 0.05) is 11.8 Å². The van der Waals surface area contributed by atoms with E-state index in [4.69, 9.17) is 9.47 Å². The number of phenolic OH excluding ortho intramolecular Hbond substituents is 1. The number of rotatable bonds is 4. The molecule has 0 aliphatic heterocycles. The number of aromatic nitrogens is 1. The molecule has 0 spiro atoms. The second-order valence-electron chi connectivity index (χ2n) is 3.86. The topological polar surface area (TPSA) is 51.6 Å². The summed E-state index contributed by atoms with van der Waals surface area (Å²) in [7, 11) is 1.57. The van der Waals surface area contributed by atoms with Crippen LogP contribution in [0.5, 0.6) is 17.4 Å². The van der Waals surface area contributed by atoms with Gasteiger partial charge in [-0.1, -0.05) is 6.07 Å². The van der Waals surface area contributed by atoms with E-state index in [1.807, 2.05) is 25.1 Å². The van der Waals surface area contributed by atoms with Crippen LogP contribution in [-0.4, -0.2) is 17.2 Å². The normalized spacial score (nSPS) is 10.1. The fraction of sp³-hybridized carbons (Fsp3) is 0.214. The van der Waals surface area contributed by atoms with Crippen LogP contribution in [0.25, 0.3) is 0 Å². The fourth-order valence-corrected chi connectivity index (χ4v) is 1.63. The molecule has 2 rings (SSSR count). The van der Waals surface area contributed by atoms with Crippen molar-refractivity contribution in [2.45, 2.75) is 13.5 Å². The zero-order valence-electron chi connectivity index (χ0n) is 10.4. The quantitative estimate of drug-likeness (QED) is 0.899. The highest BCUT2D eigenvalue weighted by Crippen LogP contribution is 2.27. The van der Waals surface area contributed by atoms with E-state index >= 15 is 0 Å². The number of hydrogen-bond donors (Lipinski definition) is 1. The number of aromatic hydroxyl groups is 1. The molecule has 0 radical (unpaired) electrons. The summed E-state index contributed by atoms with van der Waals surface area (Å²) >= 11 is 0. The summed E-state index contributed by atoms with van der Waals surface area (Å²) in [5.74, 6) is 1.43. The molecule has 0 saturated heterocycles. The first-order chi connectivity index (χ1) is 8.72. The zero-order valence-corrected chi connectivity index (χ0v) is 10.4. The lowest BCUT2D eigenvalue weighted by Gasteiger charge is -2.11. The summed E-state index contributed by atoms with van der Waals surface area (Å²) in [6.45, 7) is 2.16. The molecule has 0 bridgehead atoms. The Morgan fingerprint density at radius 1 is 1.22 bits per heavy atom. The van der Waals surface area contributed by atoms with Gasteiger partial charge in [0.2, 0.25) is 5.88 Å². The molecule has 94 valence electrons. The third-order valence-electron chi connectivity index (χ3n) is 2.68. The van der Waals surface area contributed by atoms with Crippen molar-refractivity contribution < 1.29 is 14.6 Å². The maximum atomic E-state index is 9.58. The van der Waals surface area contributed by atoms with E-state index in [2.05, 4.69) is 4.98 Å². The second kappa shape index (κ2) is 5.40. The standard InChI is InChI=1S/C14H15NO3/c1-10-12(16)6-3-7-13(10)18-9-11-5-4-8-15-14(11)17-2/h3-8,16H,9H2,1-2H3. The summed E-state index contributed by atoms with van der Waals surface area (Å²) in [4.78, 5) is 4.10. The van der Waals surface area contributed by atoms with Gasteiger partial charge in [-0.2, -0.15) is 0 Å². The molecule has 0 fully saturated rings. The minimum atomic E-state index is 0.227. The predicted molar refractivity (Wildman–Crippen MR) is 68.0 cm³/mol. The minimum absolute atomic E-state index is 0.227. The first kappa shape index (κ1) is 12.2. The number of benzene rings is 1. The van der Waals surface area contributed by atoms with Crippen LogP contribution in [0, 0.1) is 6.92 Å². The van der Waals surface area contributed by atoms with Gasteiger partial charge < -0.3 is 14.6 Å². The third-order valence-corrected chi connectivity index (χ3v) is 2.68. The van der Waals surface area contributed by atoms with Gasteiger partial charge in [-0.15, -0.1) is 0 Å². The minimum Gasteiger partial charge on any atom is -0.508 e. The highest BCUT2D eigenvalue weighted by atomic mass is 16.5. The number of phenols is 1. The number of nitrogens with zero attached hydrogens (tertiary/aromatic N) is 1. The van der Waals surface area contributed by atoms with Gasteiger partial charge in [-0.3, -0.25) is 0 Å². The molecule has 4 nitrogen and oxygen atoms in total. The highest BCUT2D eigenvalue weighted by Gasteiger charge is 2.07. The van der Waals surface area contributed by atoms with Crippen molar-refractivity contribution in [2.24, 2.45) is 0 Å². The largest absolute Gasteiger partial charge is 0.508 e. The Morgan fingerprint density at radius 3 is 2.83 bits per heavy atom. The summed E-state index contributed by atoms with van der Waals surface area (Å²) < 4.78 is 10.8. The van der Waals surface area contributed by atoms with Gasteiger partial charge >= 0.3 is 0 Å². The van der Waals surface area contributed by atoms with Crippen molar-refractivity contribution in [3.05, 3.63) is 47.7 Å². The van der Waals surface area contributed by atoms with E-state index in [1.165, 1.54) is 0 Å². The van der Waals surface area contributed by atoms with E-state index in [1.54, 1.807) is 25.4 Å². The van der Waals surface area contributed by atoms with Crippen molar-refractivity contribution >= 4 is 0 Å². The molecule has 0 saturated carbocycles. The second-order valence-corrected chi connectivity index (χ2v) is 3.86. The van der Waals surface area contributed by atoms with E-state index < -0.39 is 0 Å². The average molecular weight is 245 g/mol. The smallest absolute Gasteiger partial charge is 0.219 e. The van der Waals surface area contributed by atoms with Gasteiger partial charge in [0.1, 0.15) is 18.1 Å². The van der Waals surface area contributed by atoms with E-state index in [-0.39, 0.29) is 5.75 Å². The van der Waals surface area contributed by atoms with Crippen molar-refractivity contribution in [2.75, 3.05) is 7.11 Å². The first-order valence-corrected chi connectivity index (χ1v) is 5.61. The van der Waals surface area contributed by atoms with Gasteiger partial charge in [0.05, 0.1) is 12.7 Å². The summed E-state index contributed by atoms with van der Waals surface area (Å²) in [5.41, 5.74) is 1.59. The van der Waals surface area contributed by atoms with Gasteiger partial charge in [0.15, 0.2) is 0 Å². The monoisotopic (exact) mass is 245 g/mol. The Bertz CT molecular complexity index is 540. The van der Waals surface area contributed by atoms with Crippen molar-refractivity contribution in [3.8, 4) is 17.4 Å². The molecule has 0 atom stereocenters. The lowest BCUT2D eigenvalue weighted by Crippen LogP contribution is -2.01. The molecule has 1 N–H and O–H groups in total. The fourth-order valence-electron chi connectivity index (χ4n) is 1.63. The Hall–Kier alpha value is -2.23. The molecule has 1 aromatic heterocycles. The van der Waals surface area contributed by atoms with Crippen molar-refractivity contribution in [3.63, 3.8) is 0 Å². The predicted octanol–water partition coefficient (Wildman–Crippen LogP) is 2.68. The summed E-state index contributed by atoms with van der Waals surface area (Å²) in [6, 6.07) is 8.92. The van der Waals surface area contributed by atoms with Crippen LogP contribution in [-0.2, 0) is 6.61 Å². The molecule has 4 heteroatoms. The Morgan fingerprint density at radius 2 is 2.06 bits per heavy atom. The van der Waals surface area contributed by atoms with Crippen LogP contribution < -0.4 is 9.47 Å². The maximum absolute atomic E-state index is 9.58. The Kier molecular flexibility index (Phi) is 3.67. The number of ether oxygens (including phenoxy) is 2. The molecule has 1 heterocycles. The lowest BCUT2D eigenvalue weighted by molar-refractivity contribution is 0.290.